The molecule has 1 aliphatic rings. The van der Waals surface area contributed by atoms with Gasteiger partial charge in [-0.1, -0.05) is 37.6 Å². The molecule has 1 unspecified atom stereocenters. The molecule has 0 saturated carbocycles. The first-order chi connectivity index (χ1) is 14.4. The van der Waals surface area contributed by atoms with Crippen LogP contribution in [0.4, 0.5) is 0 Å². The smallest absolute Gasteiger partial charge is 0.300 e. The molecule has 2 aromatic carbocycles. The zero-order valence-electron chi connectivity index (χ0n) is 17.8. The summed E-state index contributed by atoms with van der Waals surface area (Å²) in [7, 11) is 1.68. The molecule has 0 amide bonds. The van der Waals surface area contributed by atoms with Crippen molar-refractivity contribution in [3.8, 4) is 11.4 Å². The highest BCUT2D eigenvalue weighted by molar-refractivity contribution is 6.30. The summed E-state index contributed by atoms with van der Waals surface area (Å²) in [5.74, 6) is 1.76. The maximum atomic E-state index is 9.00. The molecule has 8 heteroatoms. The van der Waals surface area contributed by atoms with Gasteiger partial charge in [0.25, 0.3) is 5.97 Å². The van der Waals surface area contributed by atoms with E-state index in [-0.39, 0.29) is 6.04 Å². The molecule has 7 nitrogen and oxygen atoms in total. The molecule has 2 heterocycles. The number of rotatable bonds is 2. The van der Waals surface area contributed by atoms with E-state index in [1.165, 1.54) is 0 Å². The van der Waals surface area contributed by atoms with Gasteiger partial charge in [0.2, 0.25) is 0 Å². The van der Waals surface area contributed by atoms with E-state index in [4.69, 9.17) is 26.2 Å². The van der Waals surface area contributed by atoms with Gasteiger partial charge in [-0.25, -0.2) is 0 Å². The minimum Gasteiger partial charge on any atom is -0.497 e. The van der Waals surface area contributed by atoms with Crippen LogP contribution in [0.1, 0.15) is 49.6 Å². The summed E-state index contributed by atoms with van der Waals surface area (Å²) in [5, 5.41) is 20.2. The molecule has 2 N–H and O–H groups in total. The molecule has 4 rings (SSSR count). The van der Waals surface area contributed by atoms with Gasteiger partial charge in [-0.2, -0.15) is 0 Å². The monoisotopic (exact) mass is 430 g/mol. The van der Waals surface area contributed by atoms with Crippen LogP contribution in [0.25, 0.3) is 5.69 Å². The predicted molar refractivity (Wildman–Crippen MR) is 117 cm³/mol. The van der Waals surface area contributed by atoms with Gasteiger partial charge in [0.05, 0.1) is 25.4 Å². The number of carboxylic acid groups (broad SMARTS) is 1. The quantitative estimate of drug-likeness (QED) is 0.620. The van der Waals surface area contributed by atoms with Crippen molar-refractivity contribution >= 4 is 17.6 Å². The number of aromatic nitrogens is 3. The topological polar surface area (TPSA) is 89.3 Å². The Morgan fingerprint density at radius 2 is 1.83 bits per heavy atom. The van der Waals surface area contributed by atoms with Crippen molar-refractivity contribution in [1.82, 2.24) is 20.1 Å². The molecule has 1 aliphatic heterocycles. The molecule has 1 aromatic heterocycles. The zero-order valence-corrected chi connectivity index (χ0v) is 18.6. The lowest BCUT2D eigenvalue weighted by molar-refractivity contribution is -0.134. The Bertz CT molecular complexity index is 983. The summed E-state index contributed by atoms with van der Waals surface area (Å²) in [4.78, 5) is 9.00. The number of hydrogen-bond acceptors (Lipinski definition) is 5. The third-order valence-electron chi connectivity index (χ3n) is 4.35. The van der Waals surface area contributed by atoms with Gasteiger partial charge in [-0.15, -0.1) is 10.2 Å². The van der Waals surface area contributed by atoms with Crippen LogP contribution in [0.15, 0.2) is 42.5 Å². The second-order valence-electron chi connectivity index (χ2n) is 6.31. The van der Waals surface area contributed by atoms with Gasteiger partial charge in [0.1, 0.15) is 11.6 Å². The Morgan fingerprint density at radius 1 is 1.20 bits per heavy atom. The number of aliphatic carboxylic acids is 1. The van der Waals surface area contributed by atoms with Gasteiger partial charge >= 0.3 is 0 Å². The average Bonchev–Trinajstić information content (AvgIpc) is 3.01. The van der Waals surface area contributed by atoms with Gasteiger partial charge in [-0.05, 0) is 42.8 Å². The first kappa shape index (κ1) is 23.4. The van der Waals surface area contributed by atoms with E-state index in [0.29, 0.717) is 6.54 Å². The number of methoxy groups -OCH3 is 1. The first-order valence-corrected chi connectivity index (χ1v) is 10.1. The number of benzene rings is 2. The maximum Gasteiger partial charge on any atom is 0.300 e. The third kappa shape index (κ3) is 5.37. The van der Waals surface area contributed by atoms with Crippen LogP contribution in [0, 0.1) is 6.92 Å². The molecule has 0 bridgehead atoms. The summed E-state index contributed by atoms with van der Waals surface area (Å²) in [6, 6.07) is 14.0. The van der Waals surface area contributed by atoms with Crippen molar-refractivity contribution in [2.75, 3.05) is 7.11 Å². The van der Waals surface area contributed by atoms with E-state index in [1.807, 2.05) is 51.1 Å². The third-order valence-corrected chi connectivity index (χ3v) is 4.60. The minimum atomic E-state index is -0.833. The molecule has 160 valence electrons. The van der Waals surface area contributed by atoms with Crippen molar-refractivity contribution in [3.05, 3.63) is 70.3 Å². The van der Waals surface area contributed by atoms with E-state index in [9.17, 15) is 0 Å². The molecule has 0 saturated heterocycles. The Labute approximate surface area is 181 Å². The molecule has 3 aromatic rings. The highest BCUT2D eigenvalue weighted by Crippen LogP contribution is 2.34. The second kappa shape index (κ2) is 10.8. The van der Waals surface area contributed by atoms with Crippen molar-refractivity contribution in [2.24, 2.45) is 0 Å². The molecular formula is C22H27ClN4O3. The van der Waals surface area contributed by atoms with Crippen LogP contribution < -0.4 is 10.1 Å². The molecule has 0 spiro atoms. The van der Waals surface area contributed by atoms with Crippen LogP contribution in [0.5, 0.6) is 5.75 Å². The average molecular weight is 431 g/mol. The standard InChI is InChI=1S/C18H17ClN4O.C2H4O2.C2H6/c1-11-21-22-17-10-20-18(12-3-5-13(19)6-4-12)15-9-14(24-2)7-8-16(15)23(11)17;1-2(3)4;1-2/h3-9,18,20H,10H2,1-2H3;1H3,(H,3,4);1-2H3. The zero-order chi connectivity index (χ0) is 22.3. The lowest BCUT2D eigenvalue weighted by atomic mass is 9.97. The molecule has 1 atom stereocenters. The fourth-order valence-corrected chi connectivity index (χ4v) is 3.31. The first-order valence-electron chi connectivity index (χ1n) is 9.68. The van der Waals surface area contributed by atoms with Crippen LogP contribution in [-0.4, -0.2) is 33.0 Å². The van der Waals surface area contributed by atoms with Crippen LogP contribution >= 0.6 is 11.6 Å². The van der Waals surface area contributed by atoms with Crippen LogP contribution in [0.3, 0.4) is 0 Å². The van der Waals surface area contributed by atoms with Crippen LogP contribution in [0.2, 0.25) is 5.02 Å². The van der Waals surface area contributed by atoms with Crippen molar-refractivity contribution in [3.63, 3.8) is 0 Å². The minimum absolute atomic E-state index is 0.0217. The van der Waals surface area contributed by atoms with Crippen molar-refractivity contribution in [1.29, 1.82) is 0 Å². The van der Waals surface area contributed by atoms with E-state index < -0.39 is 5.97 Å². The SMILES string of the molecule is CC.CC(=O)O.COc1ccc2c(c1)C(c1ccc(Cl)cc1)NCc1nnc(C)n1-2. The maximum absolute atomic E-state index is 9.00. The van der Waals surface area contributed by atoms with Gasteiger partial charge < -0.3 is 9.84 Å². The lowest BCUT2D eigenvalue weighted by Gasteiger charge is -2.20. The fraction of sp³-hybridized carbons (Fsp3) is 0.318. The number of ether oxygens (including phenoxy) is 1. The van der Waals surface area contributed by atoms with Gasteiger partial charge in [0.15, 0.2) is 5.82 Å². The number of aryl methyl sites for hydroxylation is 1. The van der Waals surface area contributed by atoms with Gasteiger partial charge in [-0.3, -0.25) is 14.7 Å². The van der Waals surface area contributed by atoms with Gasteiger partial charge in [0, 0.05) is 17.5 Å². The van der Waals surface area contributed by atoms with E-state index in [1.54, 1.807) is 7.11 Å². The summed E-state index contributed by atoms with van der Waals surface area (Å²) in [5.41, 5.74) is 3.34. The number of halogens is 1. The number of hydrogen-bond donors (Lipinski definition) is 2. The Hall–Kier alpha value is -2.90. The van der Waals surface area contributed by atoms with Crippen LogP contribution in [-0.2, 0) is 11.3 Å². The molecule has 0 radical (unpaired) electrons. The molecule has 0 fully saturated rings. The second-order valence-corrected chi connectivity index (χ2v) is 6.74. The number of fused-ring (bicyclic) bond motifs is 3. The molecule has 30 heavy (non-hydrogen) atoms. The summed E-state index contributed by atoms with van der Waals surface area (Å²) in [6.07, 6.45) is 0. The summed E-state index contributed by atoms with van der Waals surface area (Å²) >= 11 is 6.04. The highest BCUT2D eigenvalue weighted by Gasteiger charge is 2.25. The Morgan fingerprint density at radius 3 is 2.43 bits per heavy atom. The number of nitrogens with zero attached hydrogens (tertiary/aromatic N) is 3. The number of nitrogens with one attached hydrogen (secondary N) is 1. The van der Waals surface area contributed by atoms with Crippen molar-refractivity contribution < 1.29 is 14.6 Å². The summed E-state index contributed by atoms with van der Waals surface area (Å²) < 4.78 is 7.53. The summed E-state index contributed by atoms with van der Waals surface area (Å²) in [6.45, 7) is 7.68. The fourth-order valence-electron chi connectivity index (χ4n) is 3.18. The predicted octanol–water partition coefficient (Wildman–Crippen LogP) is 4.55. The lowest BCUT2D eigenvalue weighted by Crippen LogP contribution is -2.21. The number of carboxylic acids is 1. The van der Waals surface area contributed by atoms with E-state index in [0.717, 1.165) is 46.2 Å². The molecular weight excluding hydrogens is 404 g/mol. The Kier molecular flexibility index (Phi) is 8.38. The highest BCUT2D eigenvalue weighted by atomic mass is 35.5. The normalized spacial score (nSPS) is 14.0. The number of carbonyl (C=O) groups is 1. The van der Waals surface area contributed by atoms with E-state index >= 15 is 0 Å². The van der Waals surface area contributed by atoms with E-state index in [2.05, 4.69) is 32.2 Å². The molecule has 0 aliphatic carbocycles. The van der Waals surface area contributed by atoms with Crippen molar-refractivity contribution in [2.45, 2.75) is 40.3 Å². The largest absolute Gasteiger partial charge is 0.497 e. The Balaban J connectivity index is 0.000000481.